The van der Waals surface area contributed by atoms with Gasteiger partial charge in [-0.2, -0.15) is 0 Å². The quantitative estimate of drug-likeness (QED) is 0.780. The minimum atomic E-state index is -0.462. The second kappa shape index (κ2) is 7.31. The van der Waals surface area contributed by atoms with Gasteiger partial charge >= 0.3 is 6.03 Å². The van der Waals surface area contributed by atoms with Crippen LogP contribution in [0, 0.1) is 11.7 Å². The first kappa shape index (κ1) is 15.7. The predicted molar refractivity (Wildman–Crippen MR) is 73.9 cm³/mol. The summed E-state index contributed by atoms with van der Waals surface area (Å²) in [5.41, 5.74) is 0.338. The van der Waals surface area contributed by atoms with Gasteiger partial charge in [0.15, 0.2) is 0 Å². The van der Waals surface area contributed by atoms with E-state index in [9.17, 15) is 14.3 Å². The van der Waals surface area contributed by atoms with E-state index in [1.54, 1.807) is 0 Å². The number of aliphatic hydroxyl groups is 1. The first-order valence-corrected chi connectivity index (χ1v) is 6.46. The molecule has 0 aliphatic carbocycles. The lowest BCUT2D eigenvalue weighted by atomic mass is 10.0. The summed E-state index contributed by atoms with van der Waals surface area (Å²) in [5.74, 6) is -0.313. The Morgan fingerprint density at radius 2 is 2.16 bits per heavy atom. The molecule has 0 saturated carbocycles. The van der Waals surface area contributed by atoms with Gasteiger partial charge in [0.1, 0.15) is 5.82 Å². The zero-order valence-corrected chi connectivity index (χ0v) is 11.7. The molecule has 0 bridgehead atoms. The Hall–Kier alpha value is -1.33. The van der Waals surface area contributed by atoms with E-state index >= 15 is 0 Å². The molecule has 6 heteroatoms. The molecule has 0 heterocycles. The Morgan fingerprint density at radius 1 is 1.47 bits per heavy atom. The number of carbonyl (C=O) groups is 1. The van der Waals surface area contributed by atoms with Gasteiger partial charge < -0.3 is 15.7 Å². The molecule has 1 rings (SSSR count). The first-order chi connectivity index (χ1) is 8.90. The second-order valence-corrected chi connectivity index (χ2v) is 5.01. The average Bonchev–Trinajstić information content (AvgIpc) is 2.32. The van der Waals surface area contributed by atoms with Crippen molar-refractivity contribution in [3.8, 4) is 0 Å². The third-order valence-corrected chi connectivity index (χ3v) is 2.99. The Kier molecular flexibility index (Phi) is 6.05. The molecule has 1 aromatic rings. The molecule has 0 spiro atoms. The summed E-state index contributed by atoms with van der Waals surface area (Å²) in [7, 11) is 0. The van der Waals surface area contributed by atoms with E-state index in [1.165, 1.54) is 12.1 Å². The van der Waals surface area contributed by atoms with E-state index in [-0.39, 0.29) is 10.9 Å². The summed E-state index contributed by atoms with van der Waals surface area (Å²) in [4.78, 5) is 11.5. The number of hydrogen-bond donors (Lipinski definition) is 3. The maximum atomic E-state index is 12.8. The van der Waals surface area contributed by atoms with Crippen LogP contribution in [0.5, 0.6) is 0 Å². The SMILES string of the molecule is CC(C)C(O)CCNC(=O)Nc1ccc(F)cc1Cl. The minimum Gasteiger partial charge on any atom is -0.393 e. The average molecular weight is 289 g/mol. The van der Waals surface area contributed by atoms with Crippen LogP contribution in [0.15, 0.2) is 18.2 Å². The fourth-order valence-corrected chi connectivity index (χ4v) is 1.64. The van der Waals surface area contributed by atoms with Gasteiger partial charge in [0.2, 0.25) is 0 Å². The number of halogens is 2. The van der Waals surface area contributed by atoms with Crippen molar-refractivity contribution in [1.29, 1.82) is 0 Å². The van der Waals surface area contributed by atoms with Crippen molar-refractivity contribution in [2.24, 2.45) is 5.92 Å². The lowest BCUT2D eigenvalue weighted by Gasteiger charge is -2.15. The molecule has 0 aliphatic heterocycles. The Bertz CT molecular complexity index is 441. The highest BCUT2D eigenvalue weighted by Gasteiger charge is 2.10. The molecule has 1 aromatic carbocycles. The van der Waals surface area contributed by atoms with Crippen molar-refractivity contribution in [2.75, 3.05) is 11.9 Å². The van der Waals surface area contributed by atoms with Crippen molar-refractivity contribution in [1.82, 2.24) is 5.32 Å². The largest absolute Gasteiger partial charge is 0.393 e. The third-order valence-electron chi connectivity index (χ3n) is 2.67. The number of urea groups is 1. The Labute approximate surface area is 117 Å². The molecule has 1 atom stereocenters. The number of amides is 2. The molecule has 2 amide bonds. The van der Waals surface area contributed by atoms with Crippen LogP contribution >= 0.6 is 11.6 Å². The number of nitrogens with one attached hydrogen (secondary N) is 2. The van der Waals surface area contributed by atoms with Crippen LogP contribution in [0.2, 0.25) is 5.02 Å². The molecule has 0 saturated heterocycles. The summed E-state index contributed by atoms with van der Waals surface area (Å²) in [5, 5.41) is 14.8. The number of hydrogen-bond acceptors (Lipinski definition) is 2. The van der Waals surface area contributed by atoms with E-state index in [0.717, 1.165) is 6.07 Å². The molecule has 106 valence electrons. The summed E-state index contributed by atoms with van der Waals surface area (Å²) in [6.07, 6.45) is 0.0251. The van der Waals surface area contributed by atoms with Crippen LogP contribution in [-0.2, 0) is 0 Å². The molecule has 0 radical (unpaired) electrons. The lowest BCUT2D eigenvalue weighted by Crippen LogP contribution is -2.32. The highest BCUT2D eigenvalue weighted by Crippen LogP contribution is 2.22. The van der Waals surface area contributed by atoms with E-state index in [0.29, 0.717) is 18.7 Å². The number of rotatable bonds is 5. The third kappa shape index (κ3) is 5.44. The minimum absolute atomic E-state index is 0.136. The molecule has 1 unspecified atom stereocenters. The molecule has 3 N–H and O–H groups in total. The van der Waals surface area contributed by atoms with Crippen molar-refractivity contribution in [3.63, 3.8) is 0 Å². The van der Waals surface area contributed by atoms with Gasteiger partial charge in [-0.3, -0.25) is 0 Å². The van der Waals surface area contributed by atoms with Crippen LogP contribution in [0.25, 0.3) is 0 Å². The van der Waals surface area contributed by atoms with Crippen molar-refractivity contribution in [2.45, 2.75) is 26.4 Å². The van der Waals surface area contributed by atoms with Gasteiger partial charge in [0, 0.05) is 6.54 Å². The molecule has 0 aromatic heterocycles. The van der Waals surface area contributed by atoms with E-state index < -0.39 is 18.0 Å². The van der Waals surface area contributed by atoms with Gasteiger partial charge in [-0.1, -0.05) is 25.4 Å². The highest BCUT2D eigenvalue weighted by molar-refractivity contribution is 6.33. The zero-order valence-electron chi connectivity index (χ0n) is 10.9. The summed E-state index contributed by atoms with van der Waals surface area (Å²) in [6.45, 7) is 4.16. The Morgan fingerprint density at radius 3 is 2.74 bits per heavy atom. The normalized spacial score (nSPS) is 12.3. The molecule has 0 aliphatic rings. The highest BCUT2D eigenvalue weighted by atomic mass is 35.5. The monoisotopic (exact) mass is 288 g/mol. The summed E-state index contributed by atoms with van der Waals surface area (Å²) >= 11 is 5.78. The molecule has 0 fully saturated rings. The van der Waals surface area contributed by atoms with Gasteiger partial charge in [-0.05, 0) is 30.5 Å². The van der Waals surface area contributed by atoms with Crippen molar-refractivity contribution in [3.05, 3.63) is 29.0 Å². The number of aliphatic hydroxyl groups excluding tert-OH is 1. The molecule has 4 nitrogen and oxygen atoms in total. The van der Waals surface area contributed by atoms with Crippen molar-refractivity contribution < 1.29 is 14.3 Å². The fraction of sp³-hybridized carbons (Fsp3) is 0.462. The van der Waals surface area contributed by atoms with Crippen LogP contribution in [-0.4, -0.2) is 23.8 Å². The van der Waals surface area contributed by atoms with Crippen LogP contribution in [0.3, 0.4) is 0 Å². The van der Waals surface area contributed by atoms with Gasteiger partial charge in [-0.25, -0.2) is 9.18 Å². The number of carbonyl (C=O) groups excluding carboxylic acids is 1. The van der Waals surface area contributed by atoms with Gasteiger partial charge in [-0.15, -0.1) is 0 Å². The van der Waals surface area contributed by atoms with E-state index in [2.05, 4.69) is 10.6 Å². The van der Waals surface area contributed by atoms with E-state index in [1.807, 2.05) is 13.8 Å². The topological polar surface area (TPSA) is 61.4 Å². The smallest absolute Gasteiger partial charge is 0.319 e. The predicted octanol–water partition coefficient (Wildman–Crippen LogP) is 3.01. The first-order valence-electron chi connectivity index (χ1n) is 6.08. The maximum Gasteiger partial charge on any atom is 0.319 e. The van der Waals surface area contributed by atoms with Crippen LogP contribution < -0.4 is 10.6 Å². The van der Waals surface area contributed by atoms with Crippen molar-refractivity contribution >= 4 is 23.3 Å². The van der Waals surface area contributed by atoms with Crippen LogP contribution in [0.4, 0.5) is 14.9 Å². The lowest BCUT2D eigenvalue weighted by molar-refractivity contribution is 0.117. The number of benzene rings is 1. The molecular formula is C13H18ClFN2O2. The van der Waals surface area contributed by atoms with E-state index in [4.69, 9.17) is 11.6 Å². The zero-order chi connectivity index (χ0) is 14.4. The summed E-state index contributed by atoms with van der Waals surface area (Å²) < 4.78 is 12.8. The second-order valence-electron chi connectivity index (χ2n) is 4.61. The Balaban J connectivity index is 2.39. The summed E-state index contributed by atoms with van der Waals surface area (Å²) in [6, 6.07) is 3.29. The van der Waals surface area contributed by atoms with Gasteiger partial charge in [0.05, 0.1) is 16.8 Å². The number of anilines is 1. The molecular weight excluding hydrogens is 271 g/mol. The fourth-order valence-electron chi connectivity index (χ4n) is 1.42. The maximum absolute atomic E-state index is 12.8. The van der Waals surface area contributed by atoms with Crippen LogP contribution in [0.1, 0.15) is 20.3 Å². The van der Waals surface area contributed by atoms with Gasteiger partial charge in [0.25, 0.3) is 0 Å². The standard InChI is InChI=1S/C13H18ClFN2O2/c1-8(2)12(18)5-6-16-13(19)17-11-4-3-9(15)7-10(11)14/h3-4,7-8,12,18H,5-6H2,1-2H3,(H2,16,17,19). The molecule has 19 heavy (non-hydrogen) atoms.